The van der Waals surface area contributed by atoms with Gasteiger partial charge in [-0.05, 0) is 36.2 Å². The van der Waals surface area contributed by atoms with E-state index in [0.717, 1.165) is 17.1 Å². The lowest BCUT2D eigenvalue weighted by Crippen LogP contribution is -2.36. The summed E-state index contributed by atoms with van der Waals surface area (Å²) in [7, 11) is 5.64. The Labute approximate surface area is 142 Å². The van der Waals surface area contributed by atoms with Crippen LogP contribution in [0.2, 0.25) is 0 Å². The van der Waals surface area contributed by atoms with Crippen LogP contribution >= 0.6 is 0 Å². The van der Waals surface area contributed by atoms with Crippen molar-refractivity contribution in [3.63, 3.8) is 0 Å². The molecule has 24 heavy (non-hydrogen) atoms. The van der Waals surface area contributed by atoms with E-state index >= 15 is 0 Å². The highest BCUT2D eigenvalue weighted by Gasteiger charge is 2.03. The number of aryl methyl sites for hydroxylation is 1. The first-order valence-electron chi connectivity index (χ1n) is 7.82. The summed E-state index contributed by atoms with van der Waals surface area (Å²) in [6, 6.07) is 11.0. The number of rotatable bonds is 5. The third-order valence-electron chi connectivity index (χ3n) is 3.59. The zero-order valence-electron chi connectivity index (χ0n) is 14.6. The topological polar surface area (TPSA) is 52.6 Å². The standard InChI is InChI=1S/C18H24FN5/c1-13-10-14(8-9-16(13)19)11-21-18(20-2)22-12-15-6-5-7-17(23-15)24(3)4/h5-10H,11-12H2,1-4H3,(H2,20,21,22). The van der Waals surface area contributed by atoms with E-state index in [4.69, 9.17) is 0 Å². The van der Waals surface area contributed by atoms with Crippen molar-refractivity contribution in [3.8, 4) is 0 Å². The number of anilines is 1. The van der Waals surface area contributed by atoms with Crippen molar-refractivity contribution in [1.29, 1.82) is 0 Å². The van der Waals surface area contributed by atoms with Crippen LogP contribution in [0.4, 0.5) is 10.2 Å². The predicted molar refractivity (Wildman–Crippen MR) is 96.7 cm³/mol. The van der Waals surface area contributed by atoms with Gasteiger partial charge in [0.2, 0.25) is 0 Å². The lowest BCUT2D eigenvalue weighted by atomic mass is 10.1. The summed E-state index contributed by atoms with van der Waals surface area (Å²) in [6.07, 6.45) is 0. The molecule has 0 aliphatic carbocycles. The summed E-state index contributed by atoms with van der Waals surface area (Å²) in [4.78, 5) is 10.7. The van der Waals surface area contributed by atoms with Gasteiger partial charge in [0.15, 0.2) is 5.96 Å². The molecule has 6 heteroatoms. The highest BCUT2D eigenvalue weighted by molar-refractivity contribution is 5.79. The Morgan fingerprint density at radius 3 is 2.58 bits per heavy atom. The fraction of sp³-hybridized carbons (Fsp3) is 0.333. The molecular formula is C18H24FN5. The van der Waals surface area contributed by atoms with E-state index in [2.05, 4.69) is 20.6 Å². The first kappa shape index (κ1) is 17.7. The van der Waals surface area contributed by atoms with Gasteiger partial charge in [0, 0.05) is 27.7 Å². The van der Waals surface area contributed by atoms with Gasteiger partial charge < -0.3 is 15.5 Å². The van der Waals surface area contributed by atoms with Crippen LogP contribution in [-0.4, -0.2) is 32.1 Å². The second kappa shape index (κ2) is 8.29. The average Bonchev–Trinajstić information content (AvgIpc) is 2.58. The second-order valence-corrected chi connectivity index (χ2v) is 5.74. The average molecular weight is 329 g/mol. The zero-order valence-corrected chi connectivity index (χ0v) is 14.6. The van der Waals surface area contributed by atoms with Gasteiger partial charge in [-0.1, -0.05) is 18.2 Å². The third kappa shape index (κ3) is 4.94. The van der Waals surface area contributed by atoms with Crippen LogP contribution in [0.3, 0.4) is 0 Å². The number of nitrogens with zero attached hydrogens (tertiary/aromatic N) is 3. The highest BCUT2D eigenvalue weighted by atomic mass is 19.1. The van der Waals surface area contributed by atoms with Gasteiger partial charge in [-0.3, -0.25) is 4.99 Å². The van der Waals surface area contributed by atoms with E-state index in [1.165, 1.54) is 6.07 Å². The third-order valence-corrected chi connectivity index (χ3v) is 3.59. The molecule has 5 nitrogen and oxygen atoms in total. The molecule has 1 aromatic heterocycles. The first-order chi connectivity index (χ1) is 11.5. The van der Waals surface area contributed by atoms with Crippen LogP contribution in [0.1, 0.15) is 16.8 Å². The minimum atomic E-state index is -0.187. The monoisotopic (exact) mass is 329 g/mol. The van der Waals surface area contributed by atoms with Gasteiger partial charge in [-0.2, -0.15) is 0 Å². The molecule has 128 valence electrons. The number of guanidine groups is 1. The zero-order chi connectivity index (χ0) is 17.5. The maximum absolute atomic E-state index is 13.3. The van der Waals surface area contributed by atoms with Crippen LogP contribution in [0.25, 0.3) is 0 Å². The van der Waals surface area contributed by atoms with Crippen LogP contribution in [0, 0.1) is 12.7 Å². The minimum Gasteiger partial charge on any atom is -0.363 e. The van der Waals surface area contributed by atoms with Gasteiger partial charge in [0.05, 0.1) is 12.2 Å². The number of benzene rings is 1. The Hall–Kier alpha value is -2.63. The van der Waals surface area contributed by atoms with Crippen molar-refractivity contribution in [2.45, 2.75) is 20.0 Å². The van der Waals surface area contributed by atoms with E-state index < -0.39 is 0 Å². The minimum absolute atomic E-state index is 0.187. The van der Waals surface area contributed by atoms with Gasteiger partial charge in [-0.15, -0.1) is 0 Å². The summed E-state index contributed by atoms with van der Waals surface area (Å²) in [5.74, 6) is 1.40. The normalized spacial score (nSPS) is 11.3. The molecule has 0 aliphatic heterocycles. The van der Waals surface area contributed by atoms with Crippen LogP contribution < -0.4 is 15.5 Å². The van der Waals surface area contributed by atoms with Crippen LogP contribution in [0.5, 0.6) is 0 Å². The van der Waals surface area contributed by atoms with Gasteiger partial charge in [-0.25, -0.2) is 9.37 Å². The number of nitrogens with one attached hydrogen (secondary N) is 2. The highest BCUT2D eigenvalue weighted by Crippen LogP contribution is 2.09. The smallest absolute Gasteiger partial charge is 0.191 e. The Balaban J connectivity index is 1.90. The van der Waals surface area contributed by atoms with E-state index in [-0.39, 0.29) is 5.82 Å². The molecule has 2 N–H and O–H groups in total. The molecule has 2 aromatic rings. The van der Waals surface area contributed by atoms with Crippen LogP contribution in [0.15, 0.2) is 41.4 Å². The van der Waals surface area contributed by atoms with Crippen molar-refractivity contribution in [2.24, 2.45) is 4.99 Å². The Bertz CT molecular complexity index is 712. The maximum Gasteiger partial charge on any atom is 0.191 e. The molecule has 0 saturated heterocycles. The van der Waals surface area contributed by atoms with Crippen molar-refractivity contribution in [1.82, 2.24) is 15.6 Å². The number of hydrogen-bond donors (Lipinski definition) is 2. The Morgan fingerprint density at radius 2 is 1.92 bits per heavy atom. The molecule has 1 aromatic carbocycles. The SMILES string of the molecule is CN=C(NCc1ccc(F)c(C)c1)NCc1cccc(N(C)C)n1. The molecule has 0 fully saturated rings. The fourth-order valence-electron chi connectivity index (χ4n) is 2.21. The van der Waals surface area contributed by atoms with E-state index in [9.17, 15) is 4.39 Å². The summed E-state index contributed by atoms with van der Waals surface area (Å²) < 4.78 is 13.3. The van der Waals surface area contributed by atoms with Gasteiger partial charge in [0.25, 0.3) is 0 Å². The van der Waals surface area contributed by atoms with Crippen molar-refractivity contribution in [3.05, 3.63) is 59.0 Å². The van der Waals surface area contributed by atoms with E-state index in [1.54, 1.807) is 20.0 Å². The molecule has 0 radical (unpaired) electrons. The number of pyridine rings is 1. The number of aliphatic imine (C=N–C) groups is 1. The molecule has 0 spiro atoms. The van der Waals surface area contributed by atoms with Crippen molar-refractivity contribution >= 4 is 11.8 Å². The number of aromatic nitrogens is 1. The maximum atomic E-state index is 13.3. The fourth-order valence-corrected chi connectivity index (χ4v) is 2.21. The van der Waals surface area contributed by atoms with E-state index in [1.807, 2.05) is 43.3 Å². The molecule has 0 saturated carbocycles. The summed E-state index contributed by atoms with van der Waals surface area (Å²) >= 11 is 0. The largest absolute Gasteiger partial charge is 0.363 e. The summed E-state index contributed by atoms with van der Waals surface area (Å²) in [5, 5.41) is 6.45. The predicted octanol–water partition coefficient (Wildman–Crippen LogP) is 2.46. The number of halogens is 1. The molecular weight excluding hydrogens is 305 g/mol. The van der Waals surface area contributed by atoms with Gasteiger partial charge >= 0.3 is 0 Å². The second-order valence-electron chi connectivity index (χ2n) is 5.74. The molecule has 2 rings (SSSR count). The molecule has 1 heterocycles. The van der Waals surface area contributed by atoms with Crippen molar-refractivity contribution < 1.29 is 4.39 Å². The molecule has 0 atom stereocenters. The number of hydrogen-bond acceptors (Lipinski definition) is 3. The molecule has 0 bridgehead atoms. The van der Waals surface area contributed by atoms with Gasteiger partial charge in [0.1, 0.15) is 11.6 Å². The lowest BCUT2D eigenvalue weighted by Gasteiger charge is -2.14. The quantitative estimate of drug-likeness (QED) is 0.654. The first-order valence-corrected chi connectivity index (χ1v) is 7.82. The summed E-state index contributed by atoms with van der Waals surface area (Å²) in [5.41, 5.74) is 2.58. The van der Waals surface area contributed by atoms with Crippen LogP contribution in [-0.2, 0) is 13.1 Å². The molecule has 0 amide bonds. The Kier molecular flexibility index (Phi) is 6.12. The van der Waals surface area contributed by atoms with Crippen molar-refractivity contribution in [2.75, 3.05) is 26.0 Å². The lowest BCUT2D eigenvalue weighted by molar-refractivity contribution is 0.617. The molecule has 0 unspecified atom stereocenters. The summed E-state index contributed by atoms with van der Waals surface area (Å²) in [6.45, 7) is 2.91. The van der Waals surface area contributed by atoms with E-state index in [0.29, 0.717) is 24.6 Å². The molecule has 0 aliphatic rings. The Morgan fingerprint density at radius 1 is 1.17 bits per heavy atom.